The van der Waals surface area contributed by atoms with E-state index in [1.54, 1.807) is 20.8 Å². The van der Waals surface area contributed by atoms with Gasteiger partial charge in [0.1, 0.15) is 0 Å². The second-order valence-corrected chi connectivity index (χ2v) is 11.9. The molecule has 3 fully saturated rings. The number of carbonyl (C=O) groups excluding carboxylic acids is 1. The van der Waals surface area contributed by atoms with Crippen LogP contribution in [0.1, 0.15) is 61.5 Å². The molecule has 2 bridgehead atoms. The lowest BCUT2D eigenvalue weighted by atomic mass is 9.37. The first-order valence-corrected chi connectivity index (χ1v) is 11.4. The van der Waals surface area contributed by atoms with Gasteiger partial charge in [0.05, 0.1) is 27.6 Å². The normalized spacial score (nSPS) is 24.7. The highest BCUT2D eigenvalue weighted by atomic mass is 32.2. The van der Waals surface area contributed by atoms with Gasteiger partial charge in [-0.1, -0.05) is 30.3 Å². The molecule has 7 heteroatoms. The quantitative estimate of drug-likeness (QED) is 0.766. The van der Waals surface area contributed by atoms with Crippen molar-refractivity contribution in [1.82, 2.24) is 5.32 Å². The first kappa shape index (κ1) is 20.4. The van der Waals surface area contributed by atoms with E-state index >= 15 is 0 Å². The van der Waals surface area contributed by atoms with Gasteiger partial charge >= 0.3 is 0 Å². The van der Waals surface area contributed by atoms with Gasteiger partial charge in [0.15, 0.2) is 0 Å². The van der Waals surface area contributed by atoms with Gasteiger partial charge in [-0.25, -0.2) is 8.42 Å². The fourth-order valence-corrected chi connectivity index (χ4v) is 5.29. The maximum atomic E-state index is 13.1. The summed E-state index contributed by atoms with van der Waals surface area (Å²) in [7, 11) is -3.71. The van der Waals surface area contributed by atoms with Crippen molar-refractivity contribution in [3.05, 3.63) is 65.2 Å². The highest BCUT2D eigenvalue weighted by Crippen LogP contribution is 2.67. The molecule has 3 aliphatic carbocycles. The van der Waals surface area contributed by atoms with Crippen molar-refractivity contribution in [1.29, 1.82) is 5.26 Å². The van der Waals surface area contributed by atoms with Crippen LogP contribution in [0.25, 0.3) is 0 Å². The Bertz CT molecular complexity index is 1140. The zero-order valence-electron chi connectivity index (χ0n) is 17.3. The molecule has 5 rings (SSSR count). The van der Waals surface area contributed by atoms with Gasteiger partial charge in [0.25, 0.3) is 5.91 Å². The maximum absolute atomic E-state index is 13.1. The Morgan fingerprint density at radius 3 is 2.27 bits per heavy atom. The van der Waals surface area contributed by atoms with E-state index in [9.17, 15) is 18.5 Å². The third kappa shape index (κ3) is 3.25. The van der Waals surface area contributed by atoms with Crippen LogP contribution in [-0.2, 0) is 15.4 Å². The Labute approximate surface area is 177 Å². The average molecular weight is 424 g/mol. The number of nitrogens with one attached hydrogen (secondary N) is 2. The molecule has 1 amide bonds. The van der Waals surface area contributed by atoms with Crippen LogP contribution in [0.4, 0.5) is 5.69 Å². The second-order valence-electron chi connectivity index (χ2n) is 9.50. The monoisotopic (exact) mass is 423 g/mol. The van der Waals surface area contributed by atoms with Crippen LogP contribution < -0.4 is 10.0 Å². The lowest BCUT2D eigenvalue weighted by Gasteiger charge is -2.71. The summed E-state index contributed by atoms with van der Waals surface area (Å²) in [6, 6.07) is 16.7. The van der Waals surface area contributed by atoms with Crippen molar-refractivity contribution in [2.75, 3.05) is 4.72 Å². The van der Waals surface area contributed by atoms with Gasteiger partial charge in [-0.15, -0.1) is 0 Å². The van der Waals surface area contributed by atoms with Gasteiger partial charge in [-0.2, -0.15) is 5.26 Å². The molecule has 0 atom stereocenters. The molecule has 0 radical (unpaired) electrons. The standard InChI is InChI=1S/C23H25N3O3S/c1-21(2,3)30(28,29)26-19-10-9-16(12-24)11-18(19)20(27)25-23-13-22(14-23,15-23)17-7-5-4-6-8-17/h4-11,26H,13-15H2,1-3H3,(H,25,27). The molecule has 0 aromatic heterocycles. The molecule has 3 aliphatic rings. The molecule has 2 aromatic carbocycles. The largest absolute Gasteiger partial charge is 0.346 e. The highest BCUT2D eigenvalue weighted by molar-refractivity contribution is 7.94. The molecular formula is C23H25N3O3S. The fraction of sp³-hybridized carbons (Fsp3) is 0.391. The van der Waals surface area contributed by atoms with Crippen LogP contribution in [-0.4, -0.2) is 24.6 Å². The lowest BCUT2D eigenvalue weighted by Crippen LogP contribution is -2.76. The molecular weight excluding hydrogens is 398 g/mol. The summed E-state index contributed by atoms with van der Waals surface area (Å²) in [6.07, 6.45) is 2.62. The van der Waals surface area contributed by atoms with E-state index in [4.69, 9.17) is 0 Å². The molecule has 0 aliphatic heterocycles. The van der Waals surface area contributed by atoms with Gasteiger partial charge < -0.3 is 5.32 Å². The molecule has 0 unspecified atom stereocenters. The van der Waals surface area contributed by atoms with E-state index in [2.05, 4.69) is 22.2 Å². The smallest absolute Gasteiger partial charge is 0.253 e. The Kier molecular flexibility index (Phi) is 4.48. The third-order valence-electron chi connectivity index (χ3n) is 6.24. The van der Waals surface area contributed by atoms with Crippen LogP contribution in [0, 0.1) is 11.3 Å². The number of hydrogen-bond acceptors (Lipinski definition) is 4. The molecule has 3 saturated carbocycles. The van der Waals surface area contributed by atoms with Gasteiger partial charge in [0, 0.05) is 11.0 Å². The molecule has 6 nitrogen and oxygen atoms in total. The summed E-state index contributed by atoms with van der Waals surface area (Å²) >= 11 is 0. The van der Waals surface area contributed by atoms with Gasteiger partial charge in [0.2, 0.25) is 10.0 Å². The first-order chi connectivity index (χ1) is 14.0. The van der Waals surface area contributed by atoms with Crippen molar-refractivity contribution in [2.45, 2.75) is 55.7 Å². The highest BCUT2D eigenvalue weighted by Gasteiger charge is 2.68. The Morgan fingerprint density at radius 1 is 1.07 bits per heavy atom. The summed E-state index contributed by atoms with van der Waals surface area (Å²) in [5.74, 6) is -0.361. The number of carbonyl (C=O) groups is 1. The molecule has 30 heavy (non-hydrogen) atoms. The van der Waals surface area contributed by atoms with E-state index in [0.717, 1.165) is 19.3 Å². The van der Waals surface area contributed by atoms with Crippen molar-refractivity contribution >= 4 is 21.6 Å². The predicted octanol–water partition coefficient (Wildman–Crippen LogP) is 3.70. The Hall–Kier alpha value is -2.85. The summed E-state index contributed by atoms with van der Waals surface area (Å²) in [5.41, 5.74) is 1.84. The molecule has 156 valence electrons. The number of amides is 1. The van der Waals surface area contributed by atoms with E-state index in [1.807, 2.05) is 24.3 Å². The van der Waals surface area contributed by atoms with E-state index < -0.39 is 14.8 Å². The number of sulfonamides is 1. The van der Waals surface area contributed by atoms with Crippen LogP contribution in [0.3, 0.4) is 0 Å². The van der Waals surface area contributed by atoms with Crippen molar-refractivity contribution in [2.24, 2.45) is 0 Å². The second kappa shape index (κ2) is 6.58. The summed E-state index contributed by atoms with van der Waals surface area (Å²) in [4.78, 5) is 13.1. The lowest BCUT2D eigenvalue weighted by molar-refractivity contribution is -0.0807. The third-order valence-corrected chi connectivity index (χ3v) is 8.34. The molecule has 0 spiro atoms. The number of anilines is 1. The zero-order valence-corrected chi connectivity index (χ0v) is 18.1. The van der Waals surface area contributed by atoms with Crippen LogP contribution >= 0.6 is 0 Å². The predicted molar refractivity (Wildman–Crippen MR) is 116 cm³/mol. The van der Waals surface area contributed by atoms with Crippen molar-refractivity contribution in [3.63, 3.8) is 0 Å². The fourth-order valence-electron chi connectivity index (χ4n) is 4.52. The number of nitrogens with zero attached hydrogens (tertiary/aromatic N) is 1. The Balaban J connectivity index is 1.54. The average Bonchev–Trinajstić information content (AvgIpc) is 2.63. The van der Waals surface area contributed by atoms with Gasteiger partial charge in [-0.3, -0.25) is 9.52 Å². The minimum Gasteiger partial charge on any atom is -0.346 e. The first-order valence-electron chi connectivity index (χ1n) is 9.94. The minimum atomic E-state index is -3.71. The maximum Gasteiger partial charge on any atom is 0.253 e. The van der Waals surface area contributed by atoms with Crippen molar-refractivity contribution in [3.8, 4) is 6.07 Å². The SMILES string of the molecule is CC(C)(C)S(=O)(=O)Nc1ccc(C#N)cc1C(=O)NC12CC(c3ccccc3)(C1)C2. The molecule has 0 heterocycles. The number of nitriles is 1. The summed E-state index contributed by atoms with van der Waals surface area (Å²) in [6.45, 7) is 4.76. The summed E-state index contributed by atoms with van der Waals surface area (Å²) < 4.78 is 26.7. The number of benzene rings is 2. The van der Waals surface area contributed by atoms with Crippen LogP contribution in [0.2, 0.25) is 0 Å². The van der Waals surface area contributed by atoms with Crippen LogP contribution in [0.15, 0.2) is 48.5 Å². The van der Waals surface area contributed by atoms with Crippen molar-refractivity contribution < 1.29 is 13.2 Å². The van der Waals surface area contributed by atoms with Gasteiger partial charge in [-0.05, 0) is 63.8 Å². The number of hydrogen-bond donors (Lipinski definition) is 2. The van der Waals surface area contributed by atoms with E-state index in [1.165, 1.54) is 23.8 Å². The molecule has 2 N–H and O–H groups in total. The van der Waals surface area contributed by atoms with E-state index in [0.29, 0.717) is 5.56 Å². The van der Waals surface area contributed by atoms with Crippen LogP contribution in [0.5, 0.6) is 0 Å². The summed E-state index contributed by atoms with van der Waals surface area (Å²) in [5, 5.41) is 12.3. The van der Waals surface area contributed by atoms with E-state index in [-0.39, 0.29) is 28.1 Å². The molecule has 2 aromatic rings. The zero-order chi connectivity index (χ0) is 21.8. The minimum absolute atomic E-state index is 0.139. The Morgan fingerprint density at radius 2 is 1.70 bits per heavy atom. The molecule has 0 saturated heterocycles. The topological polar surface area (TPSA) is 99.1 Å². The number of rotatable bonds is 5.